The third-order valence-electron chi connectivity index (χ3n) is 13.9. The van der Waals surface area contributed by atoms with E-state index in [1.54, 1.807) is 0 Å². The van der Waals surface area contributed by atoms with E-state index in [1.807, 2.05) is 218 Å². The first kappa shape index (κ1) is 66.8. The van der Waals surface area contributed by atoms with Crippen LogP contribution < -0.4 is 0 Å². The molecule has 0 N–H and O–H groups in total. The van der Waals surface area contributed by atoms with Gasteiger partial charge in [0.1, 0.15) is 36.1 Å². The van der Waals surface area contributed by atoms with Gasteiger partial charge in [-0.25, -0.2) is 0 Å². The molecule has 9 nitrogen and oxygen atoms in total. The topological polar surface area (TPSA) is 83.1 Å². The second-order valence-corrected chi connectivity index (χ2v) is 20.6. The maximum Gasteiger partial charge on any atom is 0.182 e. The van der Waals surface area contributed by atoms with Crippen molar-refractivity contribution in [3.05, 3.63) is 322 Å². The molecule has 0 aliphatic carbocycles. The van der Waals surface area contributed by atoms with E-state index in [1.165, 1.54) is 0 Å². The fourth-order valence-electron chi connectivity index (χ4n) is 10.1. The Labute approximate surface area is 561 Å². The molecule has 12 heteroatoms. The molecule has 0 heterocycles. The lowest BCUT2D eigenvalue weighted by Crippen LogP contribution is -2.33. The molecule has 0 spiro atoms. The van der Waals surface area contributed by atoms with Crippen LogP contribution in [0.1, 0.15) is 72.7 Å². The van der Waals surface area contributed by atoms with E-state index in [0.717, 1.165) is 50.1 Å². The Kier molecular flexibility index (Phi) is 25.8. The van der Waals surface area contributed by atoms with Gasteiger partial charge < -0.3 is 0 Å². The fourth-order valence-corrected chi connectivity index (χ4v) is 10.6. The predicted octanol–water partition coefficient (Wildman–Crippen LogP) is 15.1. The molecule has 0 aliphatic heterocycles. The van der Waals surface area contributed by atoms with Gasteiger partial charge in [-0.15, -0.1) is 32.3 Å². The third-order valence-corrected chi connectivity index (χ3v) is 14.9. The third kappa shape index (κ3) is 17.2. The summed E-state index contributed by atoms with van der Waals surface area (Å²) in [6.45, 7) is 0. The summed E-state index contributed by atoms with van der Waals surface area (Å²) in [5, 5.41) is 24.9. The van der Waals surface area contributed by atoms with Gasteiger partial charge in [0.25, 0.3) is 0 Å². The van der Waals surface area contributed by atoms with Crippen LogP contribution in [0.2, 0.25) is 0 Å². The second-order valence-electron chi connectivity index (χ2n) is 19.1. The van der Waals surface area contributed by atoms with Crippen molar-refractivity contribution >= 4 is 36.1 Å². The van der Waals surface area contributed by atoms with E-state index in [0.29, 0.717) is 52.8 Å². The highest BCUT2D eigenvalue weighted by Crippen LogP contribution is 2.46. The number of hydrogen-bond donors (Lipinski definition) is 0. The van der Waals surface area contributed by atoms with Gasteiger partial charge in [0, 0.05) is 39.4 Å². The Morgan fingerprint density at radius 2 is 0.426 bits per heavy atom. The summed E-state index contributed by atoms with van der Waals surface area (Å²) in [6.07, 6.45) is 15.6. The Bertz CT molecular complexity index is 4140. The molecule has 0 bridgehead atoms. The van der Waals surface area contributed by atoms with Crippen LogP contribution in [0.25, 0.3) is 0 Å². The predicted molar refractivity (Wildman–Crippen MR) is 368 cm³/mol. The van der Waals surface area contributed by atoms with Crippen LogP contribution in [0, 0.1) is 142 Å². The first-order valence-corrected chi connectivity index (χ1v) is 30.4. The molecule has 9 aromatic rings. The van der Waals surface area contributed by atoms with Crippen molar-refractivity contribution in [3.8, 4) is 142 Å². The largest absolute Gasteiger partial charge is 0.184 e. The van der Waals surface area contributed by atoms with Crippen LogP contribution in [0.4, 0.5) is 0 Å². The number of rotatable bonds is 24. The van der Waals surface area contributed by atoms with E-state index in [4.69, 9.17) is 62.0 Å². The number of hydrogen-bond acceptors (Lipinski definition) is 12. The normalized spacial score (nSPS) is 10.1. The van der Waals surface area contributed by atoms with Gasteiger partial charge in [-0.3, -0.25) is 0 Å². The van der Waals surface area contributed by atoms with Crippen molar-refractivity contribution in [1.82, 2.24) is 0 Å². The minimum absolute atomic E-state index is 0.436. The van der Waals surface area contributed by atoms with E-state index in [2.05, 4.69) is 159 Å². The van der Waals surface area contributed by atoms with Crippen molar-refractivity contribution < 1.29 is 42.8 Å². The molecule has 94 heavy (non-hydrogen) atoms. The fraction of sp³-hybridized carbons (Fsp3) is 0.0488. The average Bonchev–Trinajstić information content (AvgIpc) is 0.770. The lowest BCUT2D eigenvalue weighted by molar-refractivity contribution is -0.490. The van der Waals surface area contributed by atoms with Gasteiger partial charge in [0.05, 0.1) is 0 Å². The quantitative estimate of drug-likeness (QED) is 0.0144. The van der Waals surface area contributed by atoms with Crippen LogP contribution in [0.3, 0.4) is 0 Å². The van der Waals surface area contributed by atoms with Gasteiger partial charge in [-0.2, -0.15) is 14.7 Å². The molecule has 9 rings (SSSR count). The van der Waals surface area contributed by atoms with E-state index in [-0.39, 0.29) is 0 Å². The zero-order valence-corrected chi connectivity index (χ0v) is 51.9. The molecule has 0 aliphatic rings. The van der Waals surface area contributed by atoms with Crippen LogP contribution in [-0.2, 0) is 59.6 Å². The van der Waals surface area contributed by atoms with E-state index >= 15 is 0 Å². The molecule has 0 radical (unpaired) electrons. The van der Waals surface area contributed by atoms with Crippen LogP contribution >= 0.6 is 36.1 Å². The van der Waals surface area contributed by atoms with Crippen LogP contribution in [-0.4, -0.2) is 0 Å². The van der Waals surface area contributed by atoms with Gasteiger partial charge in [-0.05, 0) is 156 Å². The minimum atomic E-state index is -1.39. The standard InChI is InChI=1S/C82H46O9S3/c1-4-7-10-13-16-37-64-92-89-86-83-80(70-40-25-19-26-41-70,71-42-27-20-28-43-71)76-58-52-67(53-59-76)79(68-54-60-77(61-55-68)81(72-44-29-21-30-45-72,73-46-31-22-32-47-73)84-87-90-93-65-38-17-14-11-8-5-2)69-56-62-78(63-57-69)82(74-48-33-23-34-49-74,75-50-35-24-36-51-75)85-88-91-94-66-39-18-15-12-9-6-3/h1-3,19-36,40-63,79H. The monoisotopic (exact) mass is 1270 g/mol. The van der Waals surface area contributed by atoms with Crippen molar-refractivity contribution in [2.45, 2.75) is 22.7 Å². The Morgan fingerprint density at radius 3 is 0.638 bits per heavy atom. The zero-order valence-electron chi connectivity index (χ0n) is 49.5. The number of benzene rings is 9. The van der Waals surface area contributed by atoms with Crippen molar-refractivity contribution in [1.29, 1.82) is 0 Å². The van der Waals surface area contributed by atoms with Crippen molar-refractivity contribution in [2.75, 3.05) is 0 Å². The van der Waals surface area contributed by atoms with Crippen molar-refractivity contribution in [3.63, 3.8) is 0 Å². The van der Waals surface area contributed by atoms with E-state index in [9.17, 15) is 0 Å². The molecular weight excluding hydrogens is 1230 g/mol. The SMILES string of the molecule is C#CC#CC#CC#CSOOOC(c1ccccc1)(c1ccccc1)c1ccc(C(c2ccc(C(OOOSC#CC#CC#CC#C)(c3ccccc3)c3ccccc3)cc2)c2ccc(C(OOOSC#CC#CC#CC#C)(c3ccccc3)c3ccccc3)cc2)cc1. The summed E-state index contributed by atoms with van der Waals surface area (Å²) in [5.74, 6) is 44.3. The summed E-state index contributed by atoms with van der Waals surface area (Å²) >= 11 is 2.06. The van der Waals surface area contributed by atoms with Gasteiger partial charge in [-0.1, -0.05) is 270 Å². The molecule has 9 aromatic carbocycles. The minimum Gasteiger partial charge on any atom is -0.184 e. The maximum atomic E-state index is 6.49. The summed E-state index contributed by atoms with van der Waals surface area (Å²) < 4.78 is 16.3. The molecular formula is C82H46O9S3. The highest BCUT2D eigenvalue weighted by atomic mass is 32.2. The second kappa shape index (κ2) is 36.3. The molecule has 0 aromatic heterocycles. The maximum absolute atomic E-state index is 6.49. The van der Waals surface area contributed by atoms with Gasteiger partial charge in [0.2, 0.25) is 0 Å². The first-order chi connectivity index (χ1) is 46.6. The molecule has 0 saturated heterocycles. The lowest BCUT2D eigenvalue weighted by atomic mass is 9.76. The molecule has 0 unspecified atom stereocenters. The Hall–Kier alpha value is -11.6. The highest BCUT2D eigenvalue weighted by molar-refractivity contribution is 7.99. The molecule has 446 valence electrons. The van der Waals surface area contributed by atoms with E-state index < -0.39 is 22.7 Å². The lowest BCUT2D eigenvalue weighted by Gasteiger charge is -2.34. The Morgan fingerprint density at radius 1 is 0.234 bits per heavy atom. The molecule has 0 amide bonds. The van der Waals surface area contributed by atoms with Gasteiger partial charge in [0.15, 0.2) is 16.8 Å². The van der Waals surface area contributed by atoms with Crippen molar-refractivity contribution in [2.24, 2.45) is 0 Å². The smallest absolute Gasteiger partial charge is 0.182 e. The zero-order chi connectivity index (χ0) is 65.0. The molecule has 0 saturated carbocycles. The summed E-state index contributed by atoms with van der Waals surface area (Å²) in [6, 6.07) is 82.7. The molecule has 0 atom stereocenters. The van der Waals surface area contributed by atoms with Crippen LogP contribution in [0.5, 0.6) is 0 Å². The average molecular weight is 1270 g/mol. The summed E-state index contributed by atoms with van der Waals surface area (Å²) in [7, 11) is 0. The number of terminal acetylenes is 3. The Balaban J connectivity index is 1.16. The molecule has 0 fully saturated rings. The summed E-state index contributed by atoms with van der Waals surface area (Å²) in [5.41, 5.74) is 5.14. The first-order valence-electron chi connectivity index (χ1n) is 28.1. The highest BCUT2D eigenvalue weighted by Gasteiger charge is 2.43. The van der Waals surface area contributed by atoms with Gasteiger partial charge >= 0.3 is 0 Å². The van der Waals surface area contributed by atoms with Crippen LogP contribution in [0.15, 0.2) is 255 Å². The summed E-state index contributed by atoms with van der Waals surface area (Å²) in [4.78, 5) is 19.5.